The second-order valence-electron chi connectivity index (χ2n) is 15.9. The zero-order chi connectivity index (χ0) is 49.9. The largest absolute Gasteiger partial charge is 0.481 e. The van der Waals surface area contributed by atoms with Gasteiger partial charge in [0.2, 0.25) is 5.91 Å². The summed E-state index contributed by atoms with van der Waals surface area (Å²) < 4.78 is 0. The smallest absolute Gasteiger partial charge is 0.326 e. The summed E-state index contributed by atoms with van der Waals surface area (Å²) in [6, 6.07) is 2.55. The van der Waals surface area contributed by atoms with Gasteiger partial charge in [-0.3, -0.25) is 48.4 Å². The summed E-state index contributed by atoms with van der Waals surface area (Å²) in [6.45, 7) is 0.730. The topological polar surface area (TPSA) is 368 Å². The Morgan fingerprint density at radius 3 is 1.52 bits per heavy atom. The molecule has 12 N–H and O–H groups in total. The predicted molar refractivity (Wildman–Crippen MR) is 242 cm³/mol. The number of carboxylic acids is 7. The summed E-state index contributed by atoms with van der Waals surface area (Å²) in [7, 11) is 0. The number of carboxylic acid groups (broad SMARTS) is 7. The van der Waals surface area contributed by atoms with Crippen LogP contribution in [0.15, 0.2) is 24.3 Å². The maximum Gasteiger partial charge on any atom is 0.326 e. The minimum Gasteiger partial charge on any atom is -0.481 e. The molecule has 26 heteroatoms. The number of hydrogen-bond acceptors (Lipinski definition) is 14. The van der Waals surface area contributed by atoms with Gasteiger partial charge in [-0.15, -0.1) is 0 Å². The van der Waals surface area contributed by atoms with Gasteiger partial charge < -0.3 is 62.3 Å². The van der Waals surface area contributed by atoms with Crippen molar-refractivity contribution in [3.63, 3.8) is 0 Å². The van der Waals surface area contributed by atoms with Gasteiger partial charge in [0.1, 0.15) is 12.1 Å². The van der Waals surface area contributed by atoms with E-state index in [-0.39, 0.29) is 84.8 Å². The number of thiocarbonyl (C=S) groups is 1. The Kier molecular flexibility index (Phi) is 26.2. The van der Waals surface area contributed by atoms with Crippen LogP contribution in [0.4, 0.5) is 10.5 Å². The van der Waals surface area contributed by atoms with Crippen LogP contribution < -0.4 is 26.6 Å². The number of urea groups is 1. The third-order valence-electron chi connectivity index (χ3n) is 10.5. The Balaban J connectivity index is 1.86. The van der Waals surface area contributed by atoms with Crippen LogP contribution in [0.25, 0.3) is 0 Å². The number of nitrogens with zero attached hydrogens (tertiary/aromatic N) is 4. The molecule has 0 saturated carbocycles. The number of hydrogen-bond donors (Lipinski definition) is 12. The van der Waals surface area contributed by atoms with Gasteiger partial charge in [-0.25, -0.2) is 14.4 Å². The zero-order valence-electron chi connectivity index (χ0n) is 37.1. The fraction of sp³-hybridized carbons (Fsp3) is 0.610. The van der Waals surface area contributed by atoms with Gasteiger partial charge in [0.05, 0.1) is 26.2 Å². The molecule has 1 aromatic rings. The van der Waals surface area contributed by atoms with Gasteiger partial charge in [0, 0.05) is 83.5 Å². The van der Waals surface area contributed by atoms with Crippen molar-refractivity contribution in [1.29, 1.82) is 0 Å². The van der Waals surface area contributed by atoms with E-state index in [1.165, 1.54) is 0 Å². The molecule has 1 saturated heterocycles. The summed E-state index contributed by atoms with van der Waals surface area (Å²) in [5.74, 6) is -9.02. The molecule has 3 amide bonds. The molecule has 374 valence electrons. The van der Waals surface area contributed by atoms with E-state index in [1.54, 1.807) is 31.7 Å². The molecule has 0 unspecified atom stereocenters. The number of nitrogens with one attached hydrogen (secondary N) is 5. The lowest BCUT2D eigenvalue weighted by atomic mass is 10.0. The van der Waals surface area contributed by atoms with Crippen LogP contribution in [0.1, 0.15) is 56.9 Å². The zero-order valence-corrected chi connectivity index (χ0v) is 37.9. The van der Waals surface area contributed by atoms with Crippen LogP contribution in [-0.2, 0) is 44.8 Å². The first-order valence-corrected chi connectivity index (χ1v) is 22.0. The normalized spacial score (nSPS) is 16.4. The summed E-state index contributed by atoms with van der Waals surface area (Å²) in [6.07, 6.45) is 1.81. The third kappa shape index (κ3) is 25.9. The molecule has 3 atom stereocenters. The Labute approximate surface area is 391 Å². The molecule has 1 heterocycles. The Morgan fingerprint density at radius 1 is 0.567 bits per heavy atom. The van der Waals surface area contributed by atoms with Gasteiger partial charge >= 0.3 is 47.8 Å². The Hall–Kier alpha value is -6.22. The van der Waals surface area contributed by atoms with E-state index in [4.69, 9.17) is 17.3 Å². The second kappa shape index (κ2) is 30.9. The lowest BCUT2D eigenvalue weighted by molar-refractivity contribution is -0.142. The number of aliphatic carboxylic acids is 7. The number of anilines is 1. The Bertz CT molecular complexity index is 1840. The minimum atomic E-state index is -1.55. The van der Waals surface area contributed by atoms with Crippen molar-refractivity contribution in [3.8, 4) is 0 Å². The van der Waals surface area contributed by atoms with Crippen molar-refractivity contribution < 1.29 is 78.9 Å². The third-order valence-corrected chi connectivity index (χ3v) is 10.7. The first kappa shape index (κ1) is 56.9. The average molecular weight is 970 g/mol. The van der Waals surface area contributed by atoms with Crippen molar-refractivity contribution in [2.75, 3.05) is 90.4 Å². The highest BCUT2D eigenvalue weighted by Gasteiger charge is 2.28. The predicted octanol–water partition coefficient (Wildman–Crippen LogP) is -1.03. The van der Waals surface area contributed by atoms with Gasteiger partial charge in [-0.1, -0.05) is 25.0 Å². The molecule has 1 aliphatic rings. The lowest BCUT2D eigenvalue weighted by Gasteiger charge is -2.37. The molecule has 0 bridgehead atoms. The van der Waals surface area contributed by atoms with Crippen LogP contribution in [-0.4, -0.2) is 217 Å². The van der Waals surface area contributed by atoms with Crippen molar-refractivity contribution in [2.24, 2.45) is 0 Å². The molecule has 0 spiro atoms. The summed E-state index contributed by atoms with van der Waals surface area (Å²) in [5.41, 5.74) is 1.48. The van der Waals surface area contributed by atoms with E-state index in [0.717, 1.165) is 24.8 Å². The number of rotatable bonds is 28. The SMILES string of the molecule is O=C(O)CC[C@H](NC(=O)N[C@@H](CCC(=O)NCCCCCCNC(=S)Nc1ccc(C[C@@H]2CN(CC(=O)O)CCN(CC(=O)O)CCN(CC(=O)O)CCN2CC(=O)O)cc1)C(=O)O)C(=O)O. The fourth-order valence-corrected chi connectivity index (χ4v) is 7.29. The van der Waals surface area contributed by atoms with Gasteiger partial charge in [0.25, 0.3) is 0 Å². The quantitative estimate of drug-likeness (QED) is 0.0353. The van der Waals surface area contributed by atoms with Gasteiger partial charge in [0.15, 0.2) is 5.11 Å². The molecular formula is C41H63N9O16S. The van der Waals surface area contributed by atoms with E-state index in [2.05, 4.69) is 21.3 Å². The maximum atomic E-state index is 12.3. The molecule has 0 radical (unpaired) electrons. The molecule has 1 aliphatic heterocycles. The minimum absolute atomic E-state index is 0.138. The molecule has 67 heavy (non-hydrogen) atoms. The second-order valence-corrected chi connectivity index (χ2v) is 16.3. The van der Waals surface area contributed by atoms with E-state index in [1.807, 2.05) is 17.4 Å². The van der Waals surface area contributed by atoms with Crippen LogP contribution in [0.5, 0.6) is 0 Å². The standard InChI is InChI=1S/C41H63N9O16S/c51-32(11-9-30(38(62)63)45-40(66)46-31(39(64)65)10-12-33(52)53)42-13-3-1-2-4-14-43-41(67)44-28-7-5-27(6-8-28)21-29-22-49(25-36(58)59)18-17-47(23-34(54)55)15-16-48(24-35(56)57)19-20-50(29)26-37(60)61/h5-8,29-31H,1-4,9-26H2,(H,42,51)(H,52,53)(H,54,55)(H,56,57)(H,58,59)(H,60,61)(H,62,63)(H,64,65)(H2,43,44,67)(H2,45,46,66)/t29-,30+,31+/m1/s1. The number of benzene rings is 1. The van der Waals surface area contributed by atoms with Crippen LogP contribution >= 0.6 is 12.2 Å². The average Bonchev–Trinajstić information content (AvgIpc) is 3.23. The first-order valence-electron chi connectivity index (χ1n) is 21.6. The summed E-state index contributed by atoms with van der Waals surface area (Å²) >= 11 is 5.45. The van der Waals surface area contributed by atoms with Crippen molar-refractivity contribution in [2.45, 2.75) is 75.9 Å². The monoisotopic (exact) mass is 969 g/mol. The molecule has 2 rings (SSSR count). The van der Waals surface area contributed by atoms with Gasteiger partial charge in [-0.2, -0.15) is 0 Å². The highest BCUT2D eigenvalue weighted by molar-refractivity contribution is 7.80. The fourth-order valence-electron chi connectivity index (χ4n) is 7.07. The highest BCUT2D eigenvalue weighted by atomic mass is 32.1. The van der Waals surface area contributed by atoms with E-state index in [0.29, 0.717) is 36.7 Å². The molecule has 1 fully saturated rings. The molecule has 0 aromatic heterocycles. The highest BCUT2D eigenvalue weighted by Crippen LogP contribution is 2.16. The van der Waals surface area contributed by atoms with Crippen molar-refractivity contribution >= 4 is 76.7 Å². The molecular weight excluding hydrogens is 907 g/mol. The molecule has 0 aliphatic carbocycles. The van der Waals surface area contributed by atoms with E-state index < -0.39 is 84.7 Å². The van der Waals surface area contributed by atoms with Crippen LogP contribution in [0.3, 0.4) is 0 Å². The van der Waals surface area contributed by atoms with Gasteiger partial charge in [-0.05, 0) is 62.0 Å². The first-order chi connectivity index (χ1) is 31.7. The van der Waals surface area contributed by atoms with Crippen LogP contribution in [0.2, 0.25) is 0 Å². The number of amides is 3. The molecule has 1 aromatic carbocycles. The summed E-state index contributed by atoms with van der Waals surface area (Å²) in [5, 5.41) is 79.3. The van der Waals surface area contributed by atoms with E-state index in [9.17, 15) is 73.8 Å². The Morgan fingerprint density at radius 2 is 1.03 bits per heavy atom. The number of carbonyl (C=O) groups excluding carboxylic acids is 2. The lowest BCUT2D eigenvalue weighted by Crippen LogP contribution is -2.53. The van der Waals surface area contributed by atoms with E-state index >= 15 is 0 Å². The molecule has 25 nitrogen and oxygen atoms in total. The number of carbonyl (C=O) groups is 9. The number of unbranched alkanes of at least 4 members (excludes halogenated alkanes) is 3. The van der Waals surface area contributed by atoms with Crippen LogP contribution in [0, 0.1) is 0 Å². The van der Waals surface area contributed by atoms with Crippen molar-refractivity contribution in [1.82, 2.24) is 40.9 Å². The summed E-state index contributed by atoms with van der Waals surface area (Å²) in [4.78, 5) is 112. The van der Waals surface area contributed by atoms with Crippen molar-refractivity contribution in [3.05, 3.63) is 29.8 Å². The maximum absolute atomic E-state index is 12.3.